The minimum Gasteiger partial charge on any atom is -0.338 e. The molecule has 1 heterocycles. The third-order valence-electron chi connectivity index (χ3n) is 3.81. The van der Waals surface area contributed by atoms with Crippen molar-refractivity contribution in [2.24, 2.45) is 11.7 Å². The van der Waals surface area contributed by atoms with Gasteiger partial charge >= 0.3 is 0 Å². The number of halogens is 1. The molecule has 1 atom stereocenters. The molecule has 1 saturated heterocycles. The predicted molar refractivity (Wildman–Crippen MR) is 82.2 cm³/mol. The Hall–Kier alpha value is -1.11. The third-order valence-corrected chi connectivity index (χ3v) is 5.88. The summed E-state index contributed by atoms with van der Waals surface area (Å²) in [6, 6.07) is 4.28. The Labute approximate surface area is 130 Å². The molecule has 0 aliphatic carbocycles. The molecule has 5 nitrogen and oxygen atoms in total. The van der Waals surface area contributed by atoms with Gasteiger partial charge in [0.05, 0.1) is 21.2 Å². The summed E-state index contributed by atoms with van der Waals surface area (Å²) in [4.78, 5) is 14.3. The minimum absolute atomic E-state index is 0.0127. The van der Waals surface area contributed by atoms with E-state index in [-0.39, 0.29) is 27.1 Å². The molecular weight excluding hydrogens is 312 g/mol. The first-order valence-corrected chi connectivity index (χ1v) is 8.93. The summed E-state index contributed by atoms with van der Waals surface area (Å²) in [5.74, 6) is 0.0562. The molecule has 1 aliphatic rings. The van der Waals surface area contributed by atoms with Gasteiger partial charge in [-0.05, 0) is 37.1 Å². The molecule has 0 radical (unpaired) electrons. The number of amides is 1. The van der Waals surface area contributed by atoms with Gasteiger partial charge in [0.15, 0.2) is 9.84 Å². The number of hydrogen-bond donors (Lipinski definition) is 1. The summed E-state index contributed by atoms with van der Waals surface area (Å²) in [5.41, 5.74) is 5.86. The van der Waals surface area contributed by atoms with E-state index in [9.17, 15) is 13.2 Å². The lowest BCUT2D eigenvalue weighted by molar-refractivity contribution is 0.0787. The highest BCUT2D eigenvalue weighted by Crippen LogP contribution is 2.25. The van der Waals surface area contributed by atoms with Gasteiger partial charge in [-0.25, -0.2) is 8.42 Å². The minimum atomic E-state index is -3.36. The fourth-order valence-corrected chi connectivity index (χ4v) is 3.51. The lowest BCUT2D eigenvalue weighted by Gasteiger charge is -2.17. The summed E-state index contributed by atoms with van der Waals surface area (Å²) >= 11 is 6.07. The van der Waals surface area contributed by atoms with E-state index in [0.717, 1.165) is 6.42 Å². The van der Waals surface area contributed by atoms with Crippen molar-refractivity contribution in [3.63, 3.8) is 0 Å². The van der Waals surface area contributed by atoms with Gasteiger partial charge in [0.1, 0.15) is 0 Å². The average Bonchev–Trinajstić information content (AvgIpc) is 2.95. The van der Waals surface area contributed by atoms with Gasteiger partial charge in [0.25, 0.3) is 5.91 Å². The molecule has 0 bridgehead atoms. The van der Waals surface area contributed by atoms with Gasteiger partial charge in [-0.1, -0.05) is 18.5 Å². The Morgan fingerprint density at radius 2 is 2.19 bits per heavy atom. The van der Waals surface area contributed by atoms with Crippen LogP contribution < -0.4 is 5.73 Å². The Bertz CT molecular complexity index is 646. The largest absolute Gasteiger partial charge is 0.338 e. The van der Waals surface area contributed by atoms with E-state index < -0.39 is 9.84 Å². The SMILES string of the molecule is CCS(=O)(=O)c1ccc(Cl)c(C(=O)N2CC[C@@H](CN)C2)c1. The maximum atomic E-state index is 12.5. The molecule has 2 rings (SSSR count). The van der Waals surface area contributed by atoms with E-state index in [0.29, 0.717) is 25.6 Å². The number of nitrogens with two attached hydrogens (primary N) is 1. The zero-order chi connectivity index (χ0) is 15.6. The fourth-order valence-electron chi connectivity index (χ4n) is 2.41. The van der Waals surface area contributed by atoms with Crippen LogP contribution in [0, 0.1) is 5.92 Å². The molecule has 2 N–H and O–H groups in total. The van der Waals surface area contributed by atoms with Gasteiger partial charge in [-0.3, -0.25) is 4.79 Å². The van der Waals surface area contributed by atoms with Gasteiger partial charge in [0, 0.05) is 13.1 Å². The second-order valence-corrected chi connectivity index (χ2v) is 7.87. The molecule has 0 spiro atoms. The molecule has 1 fully saturated rings. The van der Waals surface area contributed by atoms with Crippen LogP contribution in [0.5, 0.6) is 0 Å². The quantitative estimate of drug-likeness (QED) is 0.908. The summed E-state index contributed by atoms with van der Waals surface area (Å²) in [7, 11) is -3.36. The number of benzene rings is 1. The van der Waals surface area contributed by atoms with Crippen molar-refractivity contribution in [3.05, 3.63) is 28.8 Å². The second kappa shape index (κ2) is 6.34. The maximum Gasteiger partial charge on any atom is 0.255 e. The van der Waals surface area contributed by atoms with Crippen LogP contribution >= 0.6 is 11.6 Å². The first-order valence-electron chi connectivity index (χ1n) is 6.90. The van der Waals surface area contributed by atoms with Crippen molar-refractivity contribution < 1.29 is 13.2 Å². The highest BCUT2D eigenvalue weighted by molar-refractivity contribution is 7.91. The molecule has 0 aromatic heterocycles. The standard InChI is InChI=1S/C14H19ClN2O3S/c1-2-21(19,20)11-3-4-13(15)12(7-11)14(18)17-6-5-10(8-16)9-17/h3-4,7,10H,2,5-6,8-9,16H2,1H3/t10-/m0/s1. The van der Waals surface area contributed by atoms with E-state index in [4.69, 9.17) is 17.3 Å². The van der Waals surface area contributed by atoms with E-state index in [1.54, 1.807) is 11.8 Å². The molecular formula is C14H19ClN2O3S. The zero-order valence-corrected chi connectivity index (χ0v) is 13.5. The number of rotatable bonds is 4. The number of carbonyl (C=O) groups excluding carboxylic acids is 1. The first-order chi connectivity index (χ1) is 9.89. The first kappa shape index (κ1) is 16.3. The van der Waals surface area contributed by atoms with Crippen LogP contribution in [-0.4, -0.2) is 44.6 Å². The van der Waals surface area contributed by atoms with Crippen LogP contribution in [0.4, 0.5) is 0 Å². The Kier molecular flexibility index (Phi) is 4.91. The highest BCUT2D eigenvalue weighted by Gasteiger charge is 2.28. The smallest absolute Gasteiger partial charge is 0.255 e. The lowest BCUT2D eigenvalue weighted by atomic mass is 10.1. The molecule has 21 heavy (non-hydrogen) atoms. The number of sulfone groups is 1. The van der Waals surface area contributed by atoms with Gasteiger partial charge in [-0.2, -0.15) is 0 Å². The molecule has 1 aromatic rings. The monoisotopic (exact) mass is 330 g/mol. The van der Waals surface area contributed by atoms with Gasteiger partial charge < -0.3 is 10.6 Å². The van der Waals surface area contributed by atoms with Crippen molar-refractivity contribution in [2.75, 3.05) is 25.4 Å². The maximum absolute atomic E-state index is 12.5. The van der Waals surface area contributed by atoms with E-state index in [1.165, 1.54) is 18.2 Å². The topological polar surface area (TPSA) is 80.5 Å². The van der Waals surface area contributed by atoms with Crippen molar-refractivity contribution in [1.82, 2.24) is 4.90 Å². The van der Waals surface area contributed by atoms with Crippen molar-refractivity contribution in [3.8, 4) is 0 Å². The van der Waals surface area contributed by atoms with Crippen molar-refractivity contribution in [2.45, 2.75) is 18.2 Å². The van der Waals surface area contributed by atoms with Crippen LogP contribution in [0.3, 0.4) is 0 Å². The molecule has 0 saturated carbocycles. The Morgan fingerprint density at radius 3 is 2.76 bits per heavy atom. The Morgan fingerprint density at radius 1 is 1.48 bits per heavy atom. The van der Waals surface area contributed by atoms with Crippen LogP contribution in [-0.2, 0) is 9.84 Å². The fraction of sp³-hybridized carbons (Fsp3) is 0.500. The molecule has 116 valence electrons. The molecule has 1 aromatic carbocycles. The molecule has 1 aliphatic heterocycles. The molecule has 7 heteroatoms. The summed E-state index contributed by atoms with van der Waals surface area (Å²) in [5, 5.41) is 0.270. The van der Waals surface area contributed by atoms with Crippen molar-refractivity contribution in [1.29, 1.82) is 0 Å². The van der Waals surface area contributed by atoms with E-state index >= 15 is 0 Å². The third kappa shape index (κ3) is 3.39. The van der Waals surface area contributed by atoms with Crippen molar-refractivity contribution >= 4 is 27.3 Å². The van der Waals surface area contributed by atoms with Crippen LogP contribution in [0.2, 0.25) is 5.02 Å². The summed E-state index contributed by atoms with van der Waals surface area (Å²) in [6.07, 6.45) is 0.868. The average molecular weight is 331 g/mol. The summed E-state index contributed by atoms with van der Waals surface area (Å²) < 4.78 is 23.8. The van der Waals surface area contributed by atoms with Crippen LogP contribution in [0.15, 0.2) is 23.1 Å². The number of hydrogen-bond acceptors (Lipinski definition) is 4. The van der Waals surface area contributed by atoms with Gasteiger partial charge in [0.2, 0.25) is 0 Å². The normalized spacial score (nSPS) is 19.0. The van der Waals surface area contributed by atoms with E-state index in [2.05, 4.69) is 0 Å². The lowest BCUT2D eigenvalue weighted by Crippen LogP contribution is -2.30. The van der Waals surface area contributed by atoms with E-state index in [1.807, 2.05) is 0 Å². The predicted octanol–water partition coefficient (Wildman–Crippen LogP) is 1.55. The highest BCUT2D eigenvalue weighted by atomic mass is 35.5. The molecule has 1 amide bonds. The summed E-state index contributed by atoms with van der Waals surface area (Å²) in [6.45, 7) is 3.33. The number of nitrogens with zero attached hydrogens (tertiary/aromatic N) is 1. The number of likely N-dealkylation sites (tertiary alicyclic amines) is 1. The molecule has 0 unspecified atom stereocenters. The Balaban J connectivity index is 2.31. The number of carbonyl (C=O) groups is 1. The van der Waals surface area contributed by atoms with Gasteiger partial charge in [-0.15, -0.1) is 0 Å². The zero-order valence-electron chi connectivity index (χ0n) is 11.9. The van der Waals surface area contributed by atoms with Crippen LogP contribution in [0.25, 0.3) is 0 Å². The van der Waals surface area contributed by atoms with Crippen LogP contribution in [0.1, 0.15) is 23.7 Å². The second-order valence-electron chi connectivity index (χ2n) is 5.19.